The van der Waals surface area contributed by atoms with Crippen LogP contribution in [0, 0.1) is 0 Å². The van der Waals surface area contributed by atoms with Gasteiger partial charge < -0.3 is 14.7 Å². The summed E-state index contributed by atoms with van der Waals surface area (Å²) in [5, 5.41) is 14.1. The largest absolute Gasteiger partial charge is 0.483 e. The standard InChI is InChI=1S/C17H24N6O2.CH2O2/c1-3-14-19-15(21-20-14)12-22-7-4-8-23(10-9-22)17(24)13-5-6-18-16(11-13)25-2;2-1-3/h5-6,11H,3-4,7-10,12H2,1-2H3,(H,19,20,21);1H,(H,2,3). The maximum atomic E-state index is 12.7. The van der Waals surface area contributed by atoms with Gasteiger partial charge in [0.15, 0.2) is 0 Å². The predicted octanol–water partition coefficient (Wildman–Crippen LogP) is 0.820. The van der Waals surface area contributed by atoms with Crippen LogP contribution < -0.4 is 4.74 Å². The predicted molar refractivity (Wildman–Crippen MR) is 101 cm³/mol. The molecule has 1 saturated heterocycles. The summed E-state index contributed by atoms with van der Waals surface area (Å²) in [6, 6.07) is 3.42. The number of ether oxygens (including phenoxy) is 1. The second-order valence-electron chi connectivity index (χ2n) is 6.17. The maximum Gasteiger partial charge on any atom is 0.290 e. The molecule has 0 bridgehead atoms. The van der Waals surface area contributed by atoms with E-state index in [1.807, 2.05) is 11.8 Å². The Labute approximate surface area is 163 Å². The molecule has 0 aliphatic carbocycles. The molecule has 2 aromatic heterocycles. The number of hydrogen-bond donors (Lipinski definition) is 2. The summed E-state index contributed by atoms with van der Waals surface area (Å²) in [5.41, 5.74) is 0.614. The van der Waals surface area contributed by atoms with E-state index in [0.717, 1.165) is 50.7 Å². The van der Waals surface area contributed by atoms with Crippen LogP contribution >= 0.6 is 0 Å². The van der Waals surface area contributed by atoms with Gasteiger partial charge in [-0.1, -0.05) is 6.92 Å². The summed E-state index contributed by atoms with van der Waals surface area (Å²) in [4.78, 5) is 33.8. The van der Waals surface area contributed by atoms with Crippen LogP contribution in [-0.2, 0) is 17.8 Å². The van der Waals surface area contributed by atoms with Crippen molar-refractivity contribution in [1.29, 1.82) is 0 Å². The molecular formula is C18H26N6O4. The summed E-state index contributed by atoms with van der Waals surface area (Å²) in [6.07, 6.45) is 3.36. The van der Waals surface area contributed by atoms with E-state index < -0.39 is 0 Å². The third-order valence-electron chi connectivity index (χ3n) is 4.33. The van der Waals surface area contributed by atoms with Crippen molar-refractivity contribution in [1.82, 2.24) is 30.0 Å². The highest BCUT2D eigenvalue weighted by Crippen LogP contribution is 2.14. The molecule has 0 aromatic carbocycles. The van der Waals surface area contributed by atoms with E-state index in [2.05, 4.69) is 25.1 Å². The number of nitrogens with one attached hydrogen (secondary N) is 1. The lowest BCUT2D eigenvalue weighted by Gasteiger charge is -2.21. The highest BCUT2D eigenvalue weighted by Gasteiger charge is 2.21. The summed E-state index contributed by atoms with van der Waals surface area (Å²) in [5.74, 6) is 2.21. The minimum atomic E-state index is -0.250. The first-order valence-electron chi connectivity index (χ1n) is 9.10. The molecule has 28 heavy (non-hydrogen) atoms. The number of methoxy groups -OCH3 is 1. The molecule has 3 rings (SSSR count). The molecule has 0 unspecified atom stereocenters. The Morgan fingerprint density at radius 1 is 1.36 bits per heavy atom. The van der Waals surface area contributed by atoms with Crippen LogP contribution in [0.1, 0.15) is 35.4 Å². The number of aryl methyl sites for hydroxylation is 1. The zero-order valence-electron chi connectivity index (χ0n) is 16.2. The number of amides is 1. The summed E-state index contributed by atoms with van der Waals surface area (Å²) in [7, 11) is 1.55. The molecule has 1 amide bonds. The van der Waals surface area contributed by atoms with Crippen molar-refractivity contribution < 1.29 is 19.4 Å². The Balaban J connectivity index is 0.000000878. The van der Waals surface area contributed by atoms with Crippen LogP contribution in [0.4, 0.5) is 0 Å². The van der Waals surface area contributed by atoms with E-state index in [1.165, 1.54) is 0 Å². The van der Waals surface area contributed by atoms with Crippen molar-refractivity contribution in [2.75, 3.05) is 33.3 Å². The Bertz CT molecular complexity index is 766. The van der Waals surface area contributed by atoms with Crippen molar-refractivity contribution in [3.8, 4) is 5.88 Å². The molecule has 3 heterocycles. The summed E-state index contributed by atoms with van der Waals surface area (Å²) in [6.45, 7) is 5.71. The van der Waals surface area contributed by atoms with Gasteiger partial charge in [0.05, 0.1) is 13.7 Å². The second kappa shape index (κ2) is 11.0. The van der Waals surface area contributed by atoms with Gasteiger partial charge in [0, 0.05) is 50.4 Å². The molecule has 1 fully saturated rings. The molecule has 0 saturated carbocycles. The van der Waals surface area contributed by atoms with E-state index in [-0.39, 0.29) is 12.4 Å². The van der Waals surface area contributed by atoms with Gasteiger partial charge >= 0.3 is 0 Å². The minimum absolute atomic E-state index is 0.0236. The Hall–Kier alpha value is -3.01. The van der Waals surface area contributed by atoms with Gasteiger partial charge in [0.1, 0.15) is 11.6 Å². The van der Waals surface area contributed by atoms with E-state index in [0.29, 0.717) is 18.0 Å². The Kier molecular flexibility index (Phi) is 8.35. The fourth-order valence-electron chi connectivity index (χ4n) is 2.94. The third kappa shape index (κ3) is 6.02. The molecule has 0 spiro atoms. The SMILES string of the molecule is CCc1n[nH]c(CN2CCCN(C(=O)c3ccnc(OC)c3)CC2)n1.O=CO. The van der Waals surface area contributed by atoms with Gasteiger partial charge in [-0.3, -0.25) is 19.6 Å². The average molecular weight is 390 g/mol. The quantitative estimate of drug-likeness (QED) is 0.719. The normalized spacial score (nSPS) is 14.6. The number of carboxylic acid groups (broad SMARTS) is 1. The van der Waals surface area contributed by atoms with Gasteiger partial charge in [-0.05, 0) is 12.5 Å². The van der Waals surface area contributed by atoms with Crippen LogP contribution in [0.25, 0.3) is 0 Å². The lowest BCUT2D eigenvalue weighted by atomic mass is 10.2. The highest BCUT2D eigenvalue weighted by molar-refractivity contribution is 5.94. The molecule has 0 atom stereocenters. The fourth-order valence-corrected chi connectivity index (χ4v) is 2.94. The number of rotatable bonds is 5. The molecule has 152 valence electrons. The summed E-state index contributed by atoms with van der Waals surface area (Å²) < 4.78 is 5.11. The lowest BCUT2D eigenvalue weighted by Crippen LogP contribution is -2.35. The topological polar surface area (TPSA) is 125 Å². The molecule has 10 nitrogen and oxygen atoms in total. The van der Waals surface area contributed by atoms with E-state index in [1.54, 1.807) is 25.4 Å². The van der Waals surface area contributed by atoms with E-state index >= 15 is 0 Å². The number of hydrogen-bond acceptors (Lipinski definition) is 7. The molecule has 10 heteroatoms. The zero-order chi connectivity index (χ0) is 20.4. The average Bonchev–Trinajstić information content (AvgIpc) is 3.05. The summed E-state index contributed by atoms with van der Waals surface area (Å²) >= 11 is 0. The van der Waals surface area contributed by atoms with E-state index in [4.69, 9.17) is 14.6 Å². The van der Waals surface area contributed by atoms with Crippen LogP contribution in [-0.4, -0.2) is 80.7 Å². The first kappa shape index (κ1) is 21.3. The van der Waals surface area contributed by atoms with Crippen molar-refractivity contribution in [3.63, 3.8) is 0 Å². The third-order valence-corrected chi connectivity index (χ3v) is 4.33. The van der Waals surface area contributed by atoms with Gasteiger partial charge in [-0.15, -0.1) is 0 Å². The van der Waals surface area contributed by atoms with E-state index in [9.17, 15) is 4.79 Å². The van der Waals surface area contributed by atoms with Gasteiger partial charge in [-0.25, -0.2) is 9.97 Å². The number of carbonyl (C=O) groups is 2. The van der Waals surface area contributed by atoms with Gasteiger partial charge in [0.25, 0.3) is 12.4 Å². The maximum absolute atomic E-state index is 12.7. The highest BCUT2D eigenvalue weighted by atomic mass is 16.5. The molecule has 0 radical (unpaired) electrons. The number of aromatic amines is 1. The van der Waals surface area contributed by atoms with Crippen LogP contribution in [0.5, 0.6) is 5.88 Å². The molecule has 1 aliphatic rings. The van der Waals surface area contributed by atoms with Crippen LogP contribution in [0.3, 0.4) is 0 Å². The first-order valence-corrected chi connectivity index (χ1v) is 9.10. The van der Waals surface area contributed by atoms with Gasteiger partial charge in [-0.2, -0.15) is 5.10 Å². The van der Waals surface area contributed by atoms with Crippen molar-refractivity contribution in [2.24, 2.45) is 0 Å². The van der Waals surface area contributed by atoms with Crippen LogP contribution in [0.15, 0.2) is 18.3 Å². The number of aromatic nitrogens is 4. The number of pyridine rings is 1. The number of H-pyrrole nitrogens is 1. The minimum Gasteiger partial charge on any atom is -0.483 e. The monoisotopic (exact) mass is 390 g/mol. The van der Waals surface area contributed by atoms with Crippen molar-refractivity contribution >= 4 is 12.4 Å². The Morgan fingerprint density at radius 2 is 2.14 bits per heavy atom. The van der Waals surface area contributed by atoms with Crippen molar-refractivity contribution in [3.05, 3.63) is 35.5 Å². The number of nitrogens with zero attached hydrogens (tertiary/aromatic N) is 5. The molecule has 2 aromatic rings. The molecular weight excluding hydrogens is 364 g/mol. The fraction of sp³-hybridized carbons (Fsp3) is 0.500. The smallest absolute Gasteiger partial charge is 0.290 e. The number of carbonyl (C=O) groups excluding carboxylic acids is 1. The second-order valence-corrected chi connectivity index (χ2v) is 6.17. The Morgan fingerprint density at radius 3 is 2.82 bits per heavy atom. The van der Waals surface area contributed by atoms with Crippen LogP contribution in [0.2, 0.25) is 0 Å². The first-order chi connectivity index (χ1) is 13.6. The molecule has 2 N–H and O–H groups in total. The zero-order valence-corrected chi connectivity index (χ0v) is 16.2. The lowest BCUT2D eigenvalue weighted by molar-refractivity contribution is -0.122. The molecule has 1 aliphatic heterocycles. The van der Waals surface area contributed by atoms with Crippen molar-refractivity contribution in [2.45, 2.75) is 26.3 Å². The van der Waals surface area contributed by atoms with Gasteiger partial charge in [0.2, 0.25) is 5.88 Å².